The molecule has 0 unspecified atom stereocenters. The molecule has 3 aromatic rings. The van der Waals surface area contributed by atoms with Gasteiger partial charge in [0.2, 0.25) is 0 Å². The number of halogens is 3. The SMILES string of the molecule is CCOC(=O)c1cc(CC)c(OC(=O)CCCc2ccc(NC(=O)C3=C(c4ccc(C(F)(F)F)cc4)N=C(C)CC3)c(C(=O)N(C)C)c2)c(OC)c1. The van der Waals surface area contributed by atoms with E-state index in [1.807, 2.05) is 6.92 Å². The molecule has 3 aromatic carbocycles. The lowest BCUT2D eigenvalue weighted by molar-refractivity contribution is -0.137. The molecule has 10 nitrogen and oxygen atoms in total. The molecule has 0 atom stereocenters. The largest absolute Gasteiger partial charge is 0.493 e. The molecular weight excluding hydrogens is 679 g/mol. The van der Waals surface area contributed by atoms with Gasteiger partial charge in [-0.05, 0) is 93.5 Å². The van der Waals surface area contributed by atoms with Crippen LogP contribution in [-0.2, 0) is 33.3 Å². The Morgan fingerprint density at radius 1 is 0.962 bits per heavy atom. The van der Waals surface area contributed by atoms with E-state index < -0.39 is 29.6 Å². The quantitative estimate of drug-likeness (QED) is 0.142. The standard InChI is InChI=1S/C39H42F3N3O7/c1-7-25-21-27(38(49)51-8-2)22-32(50-6)35(25)52-33(46)11-9-10-24-13-19-31(30(20-24)37(48)45(4)5)44-36(47)29-18-12-23(3)43-34(29)26-14-16-28(17-15-26)39(40,41)42/h13-17,19-22H,7-12,18H2,1-6H3,(H,44,47). The van der Waals surface area contributed by atoms with Crippen LogP contribution in [0.25, 0.3) is 5.70 Å². The third kappa shape index (κ3) is 9.65. The van der Waals surface area contributed by atoms with Crippen molar-refractivity contribution in [1.29, 1.82) is 0 Å². The lowest BCUT2D eigenvalue weighted by atomic mass is 9.96. The zero-order valence-corrected chi connectivity index (χ0v) is 30.0. The average Bonchev–Trinajstić information content (AvgIpc) is 3.11. The Bertz CT molecular complexity index is 1870. The Labute approximate surface area is 300 Å². The summed E-state index contributed by atoms with van der Waals surface area (Å²) in [5.74, 6) is -1.43. The number of alkyl halides is 3. The Kier molecular flexibility index (Phi) is 13.0. The van der Waals surface area contributed by atoms with E-state index in [1.54, 1.807) is 52.2 Å². The van der Waals surface area contributed by atoms with Crippen molar-refractivity contribution in [2.75, 3.05) is 33.1 Å². The molecule has 4 rings (SSSR count). The van der Waals surface area contributed by atoms with Crippen molar-refractivity contribution in [2.24, 2.45) is 4.99 Å². The van der Waals surface area contributed by atoms with Crippen LogP contribution in [0.15, 0.2) is 65.2 Å². The first-order valence-electron chi connectivity index (χ1n) is 16.9. The third-order valence-electron chi connectivity index (χ3n) is 8.36. The number of carbonyl (C=O) groups excluding carboxylic acids is 4. The molecular formula is C39H42F3N3O7. The first kappa shape index (κ1) is 39.3. The molecule has 276 valence electrons. The molecule has 0 aromatic heterocycles. The highest BCUT2D eigenvalue weighted by Crippen LogP contribution is 2.35. The van der Waals surface area contributed by atoms with Gasteiger partial charge in [-0.25, -0.2) is 4.79 Å². The normalized spacial score (nSPS) is 12.9. The number of aliphatic imine (C=N–C) groups is 1. The summed E-state index contributed by atoms with van der Waals surface area (Å²) in [6.07, 6.45) is -2.40. The number of hydrogen-bond acceptors (Lipinski definition) is 8. The predicted molar refractivity (Wildman–Crippen MR) is 191 cm³/mol. The molecule has 1 aliphatic heterocycles. The lowest BCUT2D eigenvalue weighted by Gasteiger charge is -2.20. The van der Waals surface area contributed by atoms with Crippen molar-refractivity contribution in [3.63, 3.8) is 0 Å². The number of nitrogens with zero attached hydrogens (tertiary/aromatic N) is 2. The minimum Gasteiger partial charge on any atom is -0.493 e. The van der Waals surface area contributed by atoms with Crippen molar-refractivity contribution in [1.82, 2.24) is 4.90 Å². The van der Waals surface area contributed by atoms with Gasteiger partial charge >= 0.3 is 18.1 Å². The van der Waals surface area contributed by atoms with Crippen molar-refractivity contribution >= 4 is 40.8 Å². The molecule has 52 heavy (non-hydrogen) atoms. The van der Waals surface area contributed by atoms with Crippen LogP contribution in [0.1, 0.15) is 89.4 Å². The maximum Gasteiger partial charge on any atom is 0.416 e. The van der Waals surface area contributed by atoms with Gasteiger partial charge in [0.25, 0.3) is 11.8 Å². The van der Waals surface area contributed by atoms with Gasteiger partial charge in [0, 0.05) is 37.4 Å². The molecule has 0 saturated carbocycles. The summed E-state index contributed by atoms with van der Waals surface area (Å²) in [6.45, 7) is 5.57. The van der Waals surface area contributed by atoms with Gasteiger partial charge in [0.15, 0.2) is 11.5 Å². The Morgan fingerprint density at radius 2 is 1.67 bits per heavy atom. The Balaban J connectivity index is 1.51. The van der Waals surface area contributed by atoms with E-state index >= 15 is 0 Å². The van der Waals surface area contributed by atoms with Crippen molar-refractivity contribution in [2.45, 2.75) is 65.5 Å². The highest BCUT2D eigenvalue weighted by molar-refractivity contribution is 6.13. The number of nitrogens with one attached hydrogen (secondary N) is 1. The number of ether oxygens (including phenoxy) is 3. The molecule has 0 aliphatic carbocycles. The number of anilines is 1. The number of carbonyl (C=O) groups is 4. The summed E-state index contributed by atoms with van der Waals surface area (Å²) in [4.78, 5) is 58.0. The topological polar surface area (TPSA) is 124 Å². The molecule has 0 radical (unpaired) electrons. The predicted octanol–water partition coefficient (Wildman–Crippen LogP) is 7.69. The molecule has 1 heterocycles. The zero-order valence-electron chi connectivity index (χ0n) is 30.0. The summed E-state index contributed by atoms with van der Waals surface area (Å²) in [5, 5.41) is 2.83. The number of benzene rings is 3. The van der Waals surface area contributed by atoms with Crippen molar-refractivity contribution in [3.05, 3.63) is 93.6 Å². The molecule has 1 N–H and O–H groups in total. The number of rotatable bonds is 13. The fraction of sp³-hybridized carbons (Fsp3) is 0.359. The molecule has 0 spiro atoms. The number of amides is 2. The zero-order chi connectivity index (χ0) is 38.2. The average molecular weight is 722 g/mol. The van der Waals surface area contributed by atoms with Crippen LogP contribution in [0.5, 0.6) is 11.5 Å². The Morgan fingerprint density at radius 3 is 2.29 bits per heavy atom. The van der Waals surface area contributed by atoms with Crippen LogP contribution in [0.2, 0.25) is 0 Å². The second-order valence-corrected chi connectivity index (χ2v) is 12.4. The van der Waals surface area contributed by atoms with Gasteiger partial charge in [0.05, 0.1) is 41.8 Å². The van der Waals surface area contributed by atoms with Crippen LogP contribution in [0, 0.1) is 0 Å². The van der Waals surface area contributed by atoms with E-state index in [9.17, 15) is 32.3 Å². The maximum atomic E-state index is 13.7. The van der Waals surface area contributed by atoms with E-state index in [2.05, 4.69) is 10.3 Å². The van der Waals surface area contributed by atoms with E-state index in [4.69, 9.17) is 14.2 Å². The van der Waals surface area contributed by atoms with E-state index in [0.29, 0.717) is 43.2 Å². The van der Waals surface area contributed by atoms with Crippen molar-refractivity contribution in [3.8, 4) is 11.5 Å². The van der Waals surface area contributed by atoms with E-state index in [1.165, 1.54) is 30.2 Å². The monoisotopic (exact) mass is 721 g/mol. The minimum atomic E-state index is -4.50. The summed E-state index contributed by atoms with van der Waals surface area (Å²) >= 11 is 0. The smallest absolute Gasteiger partial charge is 0.416 e. The van der Waals surface area contributed by atoms with Gasteiger partial charge in [-0.3, -0.25) is 19.4 Å². The minimum absolute atomic E-state index is 0.0438. The molecule has 2 amide bonds. The molecule has 0 bridgehead atoms. The number of hydrogen-bond donors (Lipinski definition) is 1. The second-order valence-electron chi connectivity index (χ2n) is 12.4. The highest BCUT2D eigenvalue weighted by atomic mass is 19.4. The third-order valence-corrected chi connectivity index (χ3v) is 8.36. The first-order chi connectivity index (χ1) is 24.7. The summed E-state index contributed by atoms with van der Waals surface area (Å²) in [5.41, 5.74) is 2.98. The molecule has 0 saturated heterocycles. The highest BCUT2D eigenvalue weighted by Gasteiger charge is 2.31. The summed E-state index contributed by atoms with van der Waals surface area (Å²) in [6, 6.07) is 12.6. The number of methoxy groups -OCH3 is 1. The molecule has 1 aliphatic rings. The Hall–Kier alpha value is -5.46. The fourth-order valence-electron chi connectivity index (χ4n) is 5.61. The van der Waals surface area contributed by atoms with Gasteiger partial charge in [0.1, 0.15) is 0 Å². The summed E-state index contributed by atoms with van der Waals surface area (Å²) in [7, 11) is 4.58. The van der Waals surface area contributed by atoms with Gasteiger partial charge in [-0.2, -0.15) is 13.2 Å². The first-order valence-corrected chi connectivity index (χ1v) is 16.9. The molecule has 0 fully saturated rings. The van der Waals surface area contributed by atoms with Crippen LogP contribution in [-0.4, -0.2) is 62.2 Å². The number of aryl methyl sites for hydroxylation is 2. The fourth-order valence-corrected chi connectivity index (χ4v) is 5.61. The van der Waals surface area contributed by atoms with Gasteiger partial charge < -0.3 is 24.4 Å². The van der Waals surface area contributed by atoms with E-state index in [-0.39, 0.29) is 58.5 Å². The second kappa shape index (κ2) is 17.2. The van der Waals surface area contributed by atoms with Crippen LogP contribution in [0.3, 0.4) is 0 Å². The maximum absolute atomic E-state index is 13.7. The van der Waals surface area contributed by atoms with Gasteiger partial charge in [-0.1, -0.05) is 25.1 Å². The molecule has 13 heteroatoms. The van der Waals surface area contributed by atoms with Crippen LogP contribution < -0.4 is 14.8 Å². The lowest BCUT2D eigenvalue weighted by Crippen LogP contribution is -2.25. The van der Waals surface area contributed by atoms with Crippen LogP contribution in [0.4, 0.5) is 18.9 Å². The summed E-state index contributed by atoms with van der Waals surface area (Å²) < 4.78 is 55.7. The van der Waals surface area contributed by atoms with Crippen LogP contribution >= 0.6 is 0 Å². The van der Waals surface area contributed by atoms with Gasteiger partial charge in [-0.15, -0.1) is 0 Å². The van der Waals surface area contributed by atoms with E-state index in [0.717, 1.165) is 23.4 Å². The number of esters is 2. The van der Waals surface area contributed by atoms with Crippen molar-refractivity contribution < 1.29 is 46.6 Å².